The molecule has 1 aliphatic heterocycles. The van der Waals surface area contributed by atoms with Gasteiger partial charge in [-0.25, -0.2) is 4.98 Å². The van der Waals surface area contributed by atoms with Gasteiger partial charge in [0.05, 0.1) is 12.6 Å². The summed E-state index contributed by atoms with van der Waals surface area (Å²) in [7, 11) is 0. The molecule has 0 aliphatic carbocycles. The lowest BCUT2D eigenvalue weighted by atomic mass is 10.3. The molecule has 2 rings (SSSR count). The monoisotopic (exact) mass is 227 g/mol. The van der Waals surface area contributed by atoms with Gasteiger partial charge in [-0.1, -0.05) is 0 Å². The van der Waals surface area contributed by atoms with E-state index in [0.29, 0.717) is 12.4 Å². The minimum absolute atomic E-state index is 0.0265. The van der Waals surface area contributed by atoms with Gasteiger partial charge in [-0.2, -0.15) is 16.9 Å². The maximum absolute atomic E-state index is 11.6. The van der Waals surface area contributed by atoms with Gasteiger partial charge in [0, 0.05) is 18.1 Å². The molecule has 1 aromatic rings. The lowest BCUT2D eigenvalue weighted by Crippen LogP contribution is -2.48. The third-order valence-electron chi connectivity index (χ3n) is 2.13. The van der Waals surface area contributed by atoms with Gasteiger partial charge in [0.2, 0.25) is 5.91 Å². The summed E-state index contributed by atoms with van der Waals surface area (Å²) in [6.07, 6.45) is 1.43. The lowest BCUT2D eigenvalue weighted by molar-refractivity contribution is -0.122. The Kier molecular flexibility index (Phi) is 3.57. The highest BCUT2D eigenvalue weighted by Crippen LogP contribution is 2.07. The molecule has 1 fully saturated rings. The largest absolute Gasteiger partial charge is 0.347 e. The van der Waals surface area contributed by atoms with Crippen molar-refractivity contribution in [3.05, 3.63) is 12.2 Å². The van der Waals surface area contributed by atoms with Gasteiger partial charge in [0.1, 0.15) is 12.2 Å². The Bertz CT molecular complexity index is 309. The molecule has 1 atom stereocenters. The van der Waals surface area contributed by atoms with Gasteiger partial charge in [-0.05, 0) is 0 Å². The Balaban J connectivity index is 1.76. The van der Waals surface area contributed by atoms with E-state index >= 15 is 0 Å². The van der Waals surface area contributed by atoms with Crippen molar-refractivity contribution < 1.29 is 4.79 Å². The number of aromatic amines is 1. The average molecular weight is 227 g/mol. The van der Waals surface area contributed by atoms with E-state index in [4.69, 9.17) is 0 Å². The maximum atomic E-state index is 11.6. The van der Waals surface area contributed by atoms with E-state index in [1.54, 1.807) is 11.8 Å². The summed E-state index contributed by atoms with van der Waals surface area (Å²) in [6.45, 7) is 1.30. The van der Waals surface area contributed by atoms with Crippen molar-refractivity contribution in [2.24, 2.45) is 0 Å². The second-order valence-corrected chi connectivity index (χ2v) is 4.38. The molecular formula is C8H13N5OS. The van der Waals surface area contributed by atoms with Crippen LogP contribution in [0.5, 0.6) is 0 Å². The summed E-state index contributed by atoms with van der Waals surface area (Å²) in [4.78, 5) is 15.6. The van der Waals surface area contributed by atoms with E-state index in [0.717, 1.165) is 18.1 Å². The Morgan fingerprint density at radius 2 is 2.67 bits per heavy atom. The first kappa shape index (κ1) is 10.4. The molecule has 0 aromatic carbocycles. The predicted octanol–water partition coefficient (Wildman–Crippen LogP) is -0.874. The van der Waals surface area contributed by atoms with Gasteiger partial charge in [-0.3, -0.25) is 9.89 Å². The third-order valence-corrected chi connectivity index (χ3v) is 3.19. The summed E-state index contributed by atoms with van der Waals surface area (Å²) in [6, 6.07) is -0.0772. The second-order valence-electron chi connectivity index (χ2n) is 3.23. The molecule has 7 heteroatoms. The number of amides is 1. The Morgan fingerprint density at radius 3 is 3.33 bits per heavy atom. The van der Waals surface area contributed by atoms with Crippen molar-refractivity contribution in [1.29, 1.82) is 0 Å². The zero-order valence-electron chi connectivity index (χ0n) is 8.19. The fourth-order valence-corrected chi connectivity index (χ4v) is 2.28. The maximum Gasteiger partial charge on any atom is 0.238 e. The molecule has 1 aromatic heterocycles. The molecule has 1 aliphatic rings. The number of rotatable bonds is 3. The molecule has 1 unspecified atom stereocenters. The number of carbonyl (C=O) groups is 1. The molecule has 1 amide bonds. The van der Waals surface area contributed by atoms with E-state index in [1.165, 1.54) is 6.33 Å². The number of nitrogens with zero attached hydrogens (tertiary/aromatic N) is 2. The van der Waals surface area contributed by atoms with Gasteiger partial charge in [0.25, 0.3) is 0 Å². The fraction of sp³-hybridized carbons (Fsp3) is 0.625. The molecule has 0 spiro atoms. The fourth-order valence-electron chi connectivity index (χ4n) is 1.34. The molecule has 2 heterocycles. The van der Waals surface area contributed by atoms with Crippen molar-refractivity contribution in [2.75, 3.05) is 18.1 Å². The Hall–Kier alpha value is -1.08. The number of thioether (sulfide) groups is 1. The molecule has 0 bridgehead atoms. The second kappa shape index (κ2) is 5.13. The van der Waals surface area contributed by atoms with Gasteiger partial charge in [0.15, 0.2) is 0 Å². The summed E-state index contributed by atoms with van der Waals surface area (Å²) in [5.41, 5.74) is 0. The highest BCUT2D eigenvalue weighted by atomic mass is 32.2. The van der Waals surface area contributed by atoms with Crippen LogP contribution in [0.15, 0.2) is 6.33 Å². The van der Waals surface area contributed by atoms with Crippen molar-refractivity contribution in [3.8, 4) is 0 Å². The van der Waals surface area contributed by atoms with Crippen molar-refractivity contribution in [3.63, 3.8) is 0 Å². The number of hydrogen-bond donors (Lipinski definition) is 3. The van der Waals surface area contributed by atoms with Crippen LogP contribution in [0.2, 0.25) is 0 Å². The molecule has 3 N–H and O–H groups in total. The molecule has 0 radical (unpaired) electrons. The smallest absolute Gasteiger partial charge is 0.238 e. The van der Waals surface area contributed by atoms with Crippen LogP contribution in [0.1, 0.15) is 5.82 Å². The highest BCUT2D eigenvalue weighted by molar-refractivity contribution is 7.99. The van der Waals surface area contributed by atoms with Crippen LogP contribution in [-0.2, 0) is 11.3 Å². The van der Waals surface area contributed by atoms with Crippen LogP contribution in [0.25, 0.3) is 0 Å². The minimum atomic E-state index is -0.0772. The van der Waals surface area contributed by atoms with Crippen LogP contribution in [0.3, 0.4) is 0 Å². The summed E-state index contributed by atoms with van der Waals surface area (Å²) in [5, 5.41) is 12.4. The Labute approximate surface area is 91.6 Å². The molecular weight excluding hydrogens is 214 g/mol. The highest BCUT2D eigenvalue weighted by Gasteiger charge is 2.20. The van der Waals surface area contributed by atoms with E-state index in [2.05, 4.69) is 25.8 Å². The van der Waals surface area contributed by atoms with Crippen LogP contribution < -0.4 is 10.6 Å². The van der Waals surface area contributed by atoms with E-state index in [9.17, 15) is 4.79 Å². The van der Waals surface area contributed by atoms with E-state index in [1.807, 2.05) is 0 Å². The van der Waals surface area contributed by atoms with Gasteiger partial charge >= 0.3 is 0 Å². The Morgan fingerprint density at radius 1 is 1.73 bits per heavy atom. The number of hydrogen-bond acceptors (Lipinski definition) is 5. The number of H-pyrrole nitrogens is 1. The topological polar surface area (TPSA) is 82.7 Å². The summed E-state index contributed by atoms with van der Waals surface area (Å²) < 4.78 is 0. The number of nitrogens with one attached hydrogen (secondary N) is 3. The van der Waals surface area contributed by atoms with Gasteiger partial charge < -0.3 is 10.6 Å². The number of carbonyl (C=O) groups excluding carboxylic acids is 1. The summed E-state index contributed by atoms with van der Waals surface area (Å²) >= 11 is 1.80. The van der Waals surface area contributed by atoms with E-state index < -0.39 is 0 Å². The molecule has 82 valence electrons. The molecule has 6 nitrogen and oxygen atoms in total. The third kappa shape index (κ3) is 2.93. The lowest BCUT2D eigenvalue weighted by Gasteiger charge is -2.21. The predicted molar refractivity (Wildman–Crippen MR) is 57.3 cm³/mol. The first-order valence-corrected chi connectivity index (χ1v) is 5.95. The van der Waals surface area contributed by atoms with Crippen molar-refractivity contribution >= 4 is 17.7 Å². The van der Waals surface area contributed by atoms with Crippen LogP contribution in [0, 0.1) is 0 Å². The molecule has 15 heavy (non-hydrogen) atoms. The van der Waals surface area contributed by atoms with Crippen molar-refractivity contribution in [2.45, 2.75) is 12.6 Å². The van der Waals surface area contributed by atoms with Gasteiger partial charge in [-0.15, -0.1) is 0 Å². The molecule has 1 saturated heterocycles. The first-order valence-electron chi connectivity index (χ1n) is 4.79. The van der Waals surface area contributed by atoms with Crippen LogP contribution >= 0.6 is 11.8 Å². The minimum Gasteiger partial charge on any atom is -0.347 e. The zero-order valence-corrected chi connectivity index (χ0v) is 9.01. The molecule has 0 saturated carbocycles. The standard InChI is InChI=1S/C8H13N5OS/c14-8(6-4-15-2-1-9-6)10-3-7-11-5-12-13-7/h5-6,9H,1-4H2,(H,10,14)(H,11,12,13). The normalized spacial score (nSPS) is 21.2. The quantitative estimate of drug-likeness (QED) is 0.625. The zero-order chi connectivity index (χ0) is 10.5. The summed E-state index contributed by atoms with van der Waals surface area (Å²) in [5.74, 6) is 2.61. The van der Waals surface area contributed by atoms with Crippen molar-refractivity contribution in [1.82, 2.24) is 25.8 Å². The SMILES string of the molecule is O=C(NCc1ncn[nH]1)C1CSCCN1. The average Bonchev–Trinajstić information content (AvgIpc) is 2.80. The van der Waals surface area contributed by atoms with E-state index in [-0.39, 0.29) is 11.9 Å². The first-order chi connectivity index (χ1) is 7.36. The van der Waals surface area contributed by atoms with Crippen LogP contribution in [0.4, 0.5) is 0 Å². The van der Waals surface area contributed by atoms with Crippen LogP contribution in [-0.4, -0.2) is 45.2 Å². The number of aromatic nitrogens is 3.